The van der Waals surface area contributed by atoms with E-state index in [0.29, 0.717) is 0 Å². The van der Waals surface area contributed by atoms with Crippen LogP contribution in [-0.2, 0) is 0 Å². The lowest BCUT2D eigenvalue weighted by Crippen LogP contribution is -2.29. The first kappa shape index (κ1) is 17.8. The van der Waals surface area contributed by atoms with Crippen molar-refractivity contribution in [3.63, 3.8) is 0 Å². The topological polar surface area (TPSA) is 39.1 Å². The minimum Gasteiger partial charge on any atom is -0.378 e. The Kier molecular flexibility index (Phi) is 5.42. The summed E-state index contributed by atoms with van der Waals surface area (Å²) in [6, 6.07) is 6.12. The first-order valence-corrected chi connectivity index (χ1v) is 7.08. The summed E-state index contributed by atoms with van der Waals surface area (Å²) in [4.78, 5) is 1.54. The van der Waals surface area contributed by atoms with E-state index in [2.05, 4.69) is 5.32 Å². The van der Waals surface area contributed by atoms with Crippen molar-refractivity contribution in [2.45, 2.75) is 6.04 Å². The van der Waals surface area contributed by atoms with E-state index in [1.807, 2.05) is 0 Å². The molecule has 1 atom stereocenters. The third-order valence-electron chi connectivity index (χ3n) is 3.60. The summed E-state index contributed by atoms with van der Waals surface area (Å²) in [6.45, 7) is -0.134. The summed E-state index contributed by atoms with van der Waals surface area (Å²) >= 11 is 0. The zero-order valence-corrected chi connectivity index (χ0v) is 13.1. The summed E-state index contributed by atoms with van der Waals surface area (Å²) in [5.74, 6) is -3.37. The predicted octanol–water partition coefficient (Wildman–Crippen LogP) is 3.83. The Bertz CT molecular complexity index is 741. The van der Waals surface area contributed by atoms with Gasteiger partial charge >= 0.3 is 0 Å². The van der Waals surface area contributed by atoms with E-state index in [1.165, 1.54) is 11.0 Å². The molecule has 126 valence electrons. The Morgan fingerprint density at radius 1 is 1.04 bits per heavy atom. The molecule has 0 saturated heterocycles. The van der Waals surface area contributed by atoms with Crippen LogP contribution in [0.1, 0.15) is 17.2 Å². The molecule has 2 rings (SSSR count). The number of hydrogen-bond donors (Lipinski definition) is 1. The van der Waals surface area contributed by atoms with Gasteiger partial charge in [0.25, 0.3) is 0 Å². The van der Waals surface area contributed by atoms with Gasteiger partial charge in [-0.05, 0) is 38.4 Å². The standard InChI is InChI=1S/C17H15F4N3/c1-24(2)15(16-11(18)4-3-5-12(16)19)9-23-17-13(20)6-10(8-22)7-14(17)21/h3-7,15,23H,9H2,1-2H3. The quantitative estimate of drug-likeness (QED) is 0.843. The summed E-state index contributed by atoms with van der Waals surface area (Å²) in [5.41, 5.74) is -0.790. The third kappa shape index (κ3) is 3.66. The van der Waals surface area contributed by atoms with E-state index in [0.717, 1.165) is 24.3 Å². The van der Waals surface area contributed by atoms with Crippen LogP contribution < -0.4 is 5.32 Å². The third-order valence-corrected chi connectivity index (χ3v) is 3.60. The molecule has 0 bridgehead atoms. The summed E-state index contributed by atoms with van der Waals surface area (Å²) in [6.07, 6.45) is 0. The molecule has 1 N–H and O–H groups in total. The van der Waals surface area contributed by atoms with Crippen molar-refractivity contribution in [1.82, 2.24) is 4.90 Å². The van der Waals surface area contributed by atoms with E-state index >= 15 is 0 Å². The monoisotopic (exact) mass is 337 g/mol. The highest BCUT2D eigenvalue weighted by Gasteiger charge is 2.23. The maximum atomic E-state index is 14.0. The van der Waals surface area contributed by atoms with Crippen LogP contribution in [0.25, 0.3) is 0 Å². The summed E-state index contributed by atoms with van der Waals surface area (Å²) in [7, 11) is 3.20. The highest BCUT2D eigenvalue weighted by atomic mass is 19.1. The van der Waals surface area contributed by atoms with Crippen LogP contribution in [0, 0.1) is 34.6 Å². The van der Waals surface area contributed by atoms with Crippen LogP contribution in [-0.4, -0.2) is 25.5 Å². The van der Waals surface area contributed by atoms with E-state index in [9.17, 15) is 17.6 Å². The molecule has 24 heavy (non-hydrogen) atoms. The lowest BCUT2D eigenvalue weighted by molar-refractivity contribution is 0.295. The van der Waals surface area contributed by atoms with Crippen LogP contribution in [0.15, 0.2) is 30.3 Å². The maximum absolute atomic E-state index is 14.0. The zero-order chi connectivity index (χ0) is 17.9. The molecule has 2 aromatic rings. The Hall–Kier alpha value is -2.59. The van der Waals surface area contributed by atoms with E-state index < -0.39 is 35.0 Å². The fourth-order valence-electron chi connectivity index (χ4n) is 2.38. The van der Waals surface area contributed by atoms with Gasteiger partial charge in [-0.1, -0.05) is 6.07 Å². The second-order valence-corrected chi connectivity index (χ2v) is 5.42. The van der Waals surface area contributed by atoms with Crippen LogP contribution >= 0.6 is 0 Å². The van der Waals surface area contributed by atoms with Crippen LogP contribution in [0.5, 0.6) is 0 Å². The number of halogens is 4. The molecule has 0 saturated carbocycles. The number of nitrogens with zero attached hydrogens (tertiary/aromatic N) is 2. The minimum atomic E-state index is -0.946. The number of likely N-dealkylation sites (N-methyl/N-ethyl adjacent to an activating group) is 1. The lowest BCUT2D eigenvalue weighted by Gasteiger charge is -2.26. The molecule has 0 amide bonds. The number of rotatable bonds is 5. The fourth-order valence-corrected chi connectivity index (χ4v) is 2.38. The zero-order valence-electron chi connectivity index (χ0n) is 13.1. The molecule has 0 aliphatic carbocycles. The SMILES string of the molecule is CN(C)C(CNc1c(F)cc(C#N)cc1F)c1c(F)cccc1F. The molecule has 0 aliphatic heterocycles. The molecule has 0 radical (unpaired) electrons. The molecule has 0 fully saturated rings. The molecule has 0 aromatic heterocycles. The first-order valence-electron chi connectivity index (χ1n) is 7.08. The van der Waals surface area contributed by atoms with Gasteiger partial charge in [0.2, 0.25) is 0 Å². The van der Waals surface area contributed by atoms with Crippen molar-refractivity contribution in [2.24, 2.45) is 0 Å². The van der Waals surface area contributed by atoms with Crippen LogP contribution in [0.2, 0.25) is 0 Å². The van der Waals surface area contributed by atoms with Gasteiger partial charge in [-0.15, -0.1) is 0 Å². The van der Waals surface area contributed by atoms with Crippen molar-refractivity contribution in [1.29, 1.82) is 5.26 Å². The molecule has 0 heterocycles. The first-order chi connectivity index (χ1) is 11.3. The van der Waals surface area contributed by atoms with E-state index in [1.54, 1.807) is 20.2 Å². The van der Waals surface area contributed by atoms with Crippen LogP contribution in [0.3, 0.4) is 0 Å². The Morgan fingerprint density at radius 3 is 2.04 bits per heavy atom. The molecular weight excluding hydrogens is 322 g/mol. The van der Waals surface area contributed by atoms with Crippen molar-refractivity contribution in [2.75, 3.05) is 26.0 Å². The van der Waals surface area contributed by atoms with Gasteiger partial charge in [0.15, 0.2) is 11.6 Å². The second kappa shape index (κ2) is 7.32. The number of anilines is 1. The molecule has 0 spiro atoms. The van der Waals surface area contributed by atoms with Crippen molar-refractivity contribution in [3.8, 4) is 6.07 Å². The number of nitriles is 1. The molecule has 2 aromatic carbocycles. The summed E-state index contributed by atoms with van der Waals surface area (Å²) < 4.78 is 55.7. The maximum Gasteiger partial charge on any atom is 0.150 e. The van der Waals surface area contributed by atoms with Gasteiger partial charge in [0.05, 0.1) is 17.7 Å². The van der Waals surface area contributed by atoms with E-state index in [4.69, 9.17) is 5.26 Å². The Labute approximate surface area is 137 Å². The largest absolute Gasteiger partial charge is 0.378 e. The van der Waals surface area contributed by atoms with Gasteiger partial charge in [-0.3, -0.25) is 0 Å². The summed E-state index contributed by atoms with van der Waals surface area (Å²) in [5, 5.41) is 11.2. The van der Waals surface area contributed by atoms with Crippen molar-refractivity contribution in [3.05, 3.63) is 64.7 Å². The number of hydrogen-bond acceptors (Lipinski definition) is 3. The molecule has 1 unspecified atom stereocenters. The second-order valence-electron chi connectivity index (χ2n) is 5.42. The average Bonchev–Trinajstić information content (AvgIpc) is 2.51. The molecule has 3 nitrogen and oxygen atoms in total. The fraction of sp³-hybridized carbons (Fsp3) is 0.235. The molecule has 0 aliphatic rings. The Morgan fingerprint density at radius 2 is 1.58 bits per heavy atom. The van der Waals surface area contributed by atoms with Crippen LogP contribution in [0.4, 0.5) is 23.2 Å². The average molecular weight is 337 g/mol. The smallest absolute Gasteiger partial charge is 0.150 e. The highest BCUT2D eigenvalue weighted by molar-refractivity contribution is 5.50. The Balaban J connectivity index is 2.30. The van der Waals surface area contributed by atoms with Gasteiger partial charge in [-0.2, -0.15) is 5.26 Å². The lowest BCUT2D eigenvalue weighted by atomic mass is 10.0. The van der Waals surface area contributed by atoms with Crippen molar-refractivity contribution < 1.29 is 17.6 Å². The van der Waals surface area contributed by atoms with Gasteiger partial charge < -0.3 is 10.2 Å². The molecular formula is C17H15F4N3. The van der Waals surface area contributed by atoms with E-state index in [-0.39, 0.29) is 17.7 Å². The van der Waals surface area contributed by atoms with Crippen molar-refractivity contribution >= 4 is 5.69 Å². The minimum absolute atomic E-state index is 0.134. The van der Waals surface area contributed by atoms with Gasteiger partial charge in [0, 0.05) is 12.1 Å². The van der Waals surface area contributed by atoms with Gasteiger partial charge in [0.1, 0.15) is 17.3 Å². The normalized spacial score (nSPS) is 12.1. The van der Waals surface area contributed by atoms with Gasteiger partial charge in [-0.25, -0.2) is 17.6 Å². The molecule has 7 heteroatoms. The number of nitrogens with one attached hydrogen (secondary N) is 1. The number of benzene rings is 2. The predicted molar refractivity (Wildman–Crippen MR) is 82.3 cm³/mol. The highest BCUT2D eigenvalue weighted by Crippen LogP contribution is 2.27.